The fourth-order valence-corrected chi connectivity index (χ4v) is 4.94. The summed E-state index contributed by atoms with van der Waals surface area (Å²) in [6, 6.07) is 21.2. The summed E-state index contributed by atoms with van der Waals surface area (Å²) in [7, 11) is 0. The number of carbonyl (C=O) groups is 2. The average Bonchev–Trinajstić information content (AvgIpc) is 3.47. The molecular formula is C28H25ClN2O3. The molecule has 0 aromatic heterocycles. The average molecular weight is 473 g/mol. The first-order valence-corrected chi connectivity index (χ1v) is 11.8. The zero-order valence-corrected chi connectivity index (χ0v) is 19.6. The van der Waals surface area contributed by atoms with E-state index in [9.17, 15) is 14.7 Å². The molecule has 0 aliphatic carbocycles. The van der Waals surface area contributed by atoms with Gasteiger partial charge in [0.1, 0.15) is 5.76 Å². The Balaban J connectivity index is 1.63. The number of benzene rings is 3. The molecular weight excluding hydrogens is 448 g/mol. The summed E-state index contributed by atoms with van der Waals surface area (Å²) in [6.45, 7) is 4.00. The minimum absolute atomic E-state index is 0.0709. The van der Waals surface area contributed by atoms with E-state index in [1.54, 1.807) is 24.3 Å². The molecule has 2 heterocycles. The van der Waals surface area contributed by atoms with Gasteiger partial charge in [0.15, 0.2) is 0 Å². The number of aliphatic hydroxyl groups is 1. The summed E-state index contributed by atoms with van der Waals surface area (Å²) in [5.74, 6) is -1.57. The molecule has 0 spiro atoms. The van der Waals surface area contributed by atoms with Crippen molar-refractivity contribution in [3.63, 3.8) is 0 Å². The van der Waals surface area contributed by atoms with Crippen molar-refractivity contribution >= 4 is 40.4 Å². The Morgan fingerprint density at radius 1 is 0.912 bits per heavy atom. The van der Waals surface area contributed by atoms with Crippen molar-refractivity contribution in [2.24, 2.45) is 0 Å². The molecule has 0 radical (unpaired) electrons. The number of ketones is 1. The summed E-state index contributed by atoms with van der Waals surface area (Å²) in [5, 5.41) is 11.7. The molecule has 1 atom stereocenters. The first-order chi connectivity index (χ1) is 16.4. The van der Waals surface area contributed by atoms with Crippen molar-refractivity contribution in [2.45, 2.75) is 25.8 Å². The summed E-state index contributed by atoms with van der Waals surface area (Å²) >= 11 is 6.00. The molecule has 3 aromatic rings. The number of halogens is 1. The Morgan fingerprint density at radius 3 is 2.21 bits per heavy atom. The Hall–Kier alpha value is -3.57. The van der Waals surface area contributed by atoms with Crippen LogP contribution in [-0.4, -0.2) is 29.9 Å². The van der Waals surface area contributed by atoms with Crippen molar-refractivity contribution in [2.75, 3.05) is 22.9 Å². The lowest BCUT2D eigenvalue weighted by Crippen LogP contribution is -2.29. The molecule has 0 bridgehead atoms. The quantitative estimate of drug-likeness (QED) is 0.293. The molecule has 0 saturated carbocycles. The zero-order chi connectivity index (χ0) is 23.8. The molecule has 1 unspecified atom stereocenters. The molecule has 34 heavy (non-hydrogen) atoms. The molecule has 2 saturated heterocycles. The number of carbonyl (C=O) groups excluding carboxylic acids is 2. The molecule has 1 N–H and O–H groups in total. The number of aryl methyl sites for hydroxylation is 1. The second-order valence-electron chi connectivity index (χ2n) is 8.80. The number of Topliss-reactive ketones (excluding diaryl/α,β-unsaturated/α-hetero) is 1. The third-order valence-corrected chi connectivity index (χ3v) is 6.77. The Bertz CT molecular complexity index is 1280. The van der Waals surface area contributed by atoms with Crippen molar-refractivity contribution in [3.8, 4) is 0 Å². The van der Waals surface area contributed by atoms with E-state index in [0.29, 0.717) is 16.3 Å². The van der Waals surface area contributed by atoms with E-state index < -0.39 is 17.7 Å². The highest BCUT2D eigenvalue weighted by Gasteiger charge is 2.47. The lowest BCUT2D eigenvalue weighted by atomic mass is 9.94. The molecule has 3 aromatic carbocycles. The maximum atomic E-state index is 13.3. The van der Waals surface area contributed by atoms with Crippen LogP contribution in [0.2, 0.25) is 5.02 Å². The van der Waals surface area contributed by atoms with Gasteiger partial charge in [0.25, 0.3) is 11.7 Å². The predicted octanol–water partition coefficient (Wildman–Crippen LogP) is 5.87. The van der Waals surface area contributed by atoms with E-state index in [2.05, 4.69) is 4.90 Å². The van der Waals surface area contributed by atoms with Crippen LogP contribution in [0.25, 0.3) is 5.76 Å². The van der Waals surface area contributed by atoms with Gasteiger partial charge in [-0.2, -0.15) is 0 Å². The van der Waals surface area contributed by atoms with Crippen molar-refractivity contribution in [3.05, 3.63) is 100 Å². The first kappa shape index (κ1) is 22.2. The van der Waals surface area contributed by atoms with Gasteiger partial charge in [-0.1, -0.05) is 41.4 Å². The normalized spacial score (nSPS) is 19.8. The summed E-state index contributed by atoms with van der Waals surface area (Å²) in [6.07, 6.45) is 2.35. The van der Waals surface area contributed by atoms with Crippen LogP contribution >= 0.6 is 11.6 Å². The Kier molecular flexibility index (Phi) is 5.88. The standard InChI is InChI=1S/C28H25ClN2O3/c1-18-5-4-6-20(17-18)25-24(26(32)19-7-9-21(29)10-8-19)27(33)28(34)31(25)23-13-11-22(12-14-23)30-15-2-3-16-30/h4-14,17,25,32H,2-3,15-16H2,1H3/b26-24+. The van der Waals surface area contributed by atoms with Gasteiger partial charge < -0.3 is 10.0 Å². The number of aliphatic hydroxyl groups excluding tert-OH is 1. The first-order valence-electron chi connectivity index (χ1n) is 11.4. The minimum atomic E-state index is -0.742. The number of nitrogens with zero attached hydrogens (tertiary/aromatic N) is 2. The van der Waals surface area contributed by atoms with Gasteiger partial charge in [0.2, 0.25) is 0 Å². The Morgan fingerprint density at radius 2 is 1.56 bits per heavy atom. The van der Waals surface area contributed by atoms with Gasteiger partial charge in [0, 0.05) is 35.1 Å². The SMILES string of the molecule is Cc1cccc(C2/C(=C(\O)c3ccc(Cl)cc3)C(=O)C(=O)N2c2ccc(N3CCCC3)cc2)c1. The van der Waals surface area contributed by atoms with Crippen LogP contribution in [0.5, 0.6) is 0 Å². The lowest BCUT2D eigenvalue weighted by molar-refractivity contribution is -0.132. The largest absolute Gasteiger partial charge is 0.507 e. The van der Waals surface area contributed by atoms with Crippen LogP contribution in [0.3, 0.4) is 0 Å². The van der Waals surface area contributed by atoms with Crippen molar-refractivity contribution in [1.29, 1.82) is 0 Å². The maximum Gasteiger partial charge on any atom is 0.300 e. The highest BCUT2D eigenvalue weighted by atomic mass is 35.5. The van der Waals surface area contributed by atoms with Crippen molar-refractivity contribution in [1.82, 2.24) is 0 Å². The van der Waals surface area contributed by atoms with Crippen LogP contribution in [0.15, 0.2) is 78.4 Å². The monoisotopic (exact) mass is 472 g/mol. The highest BCUT2D eigenvalue weighted by Crippen LogP contribution is 2.42. The van der Waals surface area contributed by atoms with Gasteiger partial charge in [-0.3, -0.25) is 14.5 Å². The highest BCUT2D eigenvalue weighted by molar-refractivity contribution is 6.51. The fourth-order valence-electron chi connectivity index (χ4n) is 4.82. The number of rotatable bonds is 4. The van der Waals surface area contributed by atoms with E-state index in [1.165, 1.54) is 17.7 Å². The second-order valence-corrected chi connectivity index (χ2v) is 9.24. The molecule has 5 rings (SSSR count). The van der Waals surface area contributed by atoms with Crippen LogP contribution in [0, 0.1) is 6.92 Å². The number of amides is 1. The summed E-state index contributed by atoms with van der Waals surface area (Å²) in [5.41, 5.74) is 3.99. The molecule has 5 nitrogen and oxygen atoms in total. The van der Waals surface area contributed by atoms with Gasteiger partial charge in [0.05, 0.1) is 11.6 Å². The van der Waals surface area contributed by atoms with Gasteiger partial charge in [-0.25, -0.2) is 0 Å². The molecule has 172 valence electrons. The minimum Gasteiger partial charge on any atom is -0.507 e. The third kappa shape index (κ3) is 3.97. The topological polar surface area (TPSA) is 60.9 Å². The number of anilines is 2. The van der Waals surface area contributed by atoms with E-state index in [4.69, 9.17) is 11.6 Å². The maximum absolute atomic E-state index is 13.3. The van der Waals surface area contributed by atoms with Gasteiger partial charge in [-0.15, -0.1) is 0 Å². The Labute approximate surface area is 203 Å². The second kappa shape index (κ2) is 8.99. The molecule has 2 aliphatic rings. The van der Waals surface area contributed by atoms with Crippen LogP contribution in [0.4, 0.5) is 11.4 Å². The zero-order valence-electron chi connectivity index (χ0n) is 18.9. The van der Waals surface area contributed by atoms with Gasteiger partial charge >= 0.3 is 0 Å². The van der Waals surface area contributed by atoms with E-state index in [-0.39, 0.29) is 11.3 Å². The molecule has 2 aliphatic heterocycles. The van der Waals surface area contributed by atoms with E-state index in [0.717, 1.165) is 29.9 Å². The van der Waals surface area contributed by atoms with Crippen molar-refractivity contribution < 1.29 is 14.7 Å². The van der Waals surface area contributed by atoms with Crippen LogP contribution in [-0.2, 0) is 9.59 Å². The van der Waals surface area contributed by atoms with Crippen LogP contribution < -0.4 is 9.80 Å². The van der Waals surface area contributed by atoms with E-state index >= 15 is 0 Å². The summed E-state index contributed by atoms with van der Waals surface area (Å²) < 4.78 is 0. The molecule has 6 heteroatoms. The molecule has 2 fully saturated rings. The summed E-state index contributed by atoms with van der Waals surface area (Å²) in [4.78, 5) is 30.4. The lowest BCUT2D eigenvalue weighted by Gasteiger charge is -2.26. The van der Waals surface area contributed by atoms with Crippen LogP contribution in [0.1, 0.15) is 35.6 Å². The number of hydrogen-bond acceptors (Lipinski definition) is 4. The number of hydrogen-bond donors (Lipinski definition) is 1. The van der Waals surface area contributed by atoms with Gasteiger partial charge in [-0.05, 0) is 73.9 Å². The third-order valence-electron chi connectivity index (χ3n) is 6.52. The fraction of sp³-hybridized carbons (Fsp3) is 0.214. The predicted molar refractivity (Wildman–Crippen MR) is 135 cm³/mol. The van der Waals surface area contributed by atoms with E-state index in [1.807, 2.05) is 55.5 Å². The molecule has 1 amide bonds. The smallest absolute Gasteiger partial charge is 0.300 e.